The summed E-state index contributed by atoms with van der Waals surface area (Å²) in [4.78, 5) is 0. The third kappa shape index (κ3) is 3.74. The quantitative estimate of drug-likeness (QED) is 0.715. The second-order valence-corrected chi connectivity index (χ2v) is 4.50. The Balaban J connectivity index is 2.67. The van der Waals surface area contributed by atoms with Crippen LogP contribution in [0.25, 0.3) is 0 Å². The molecule has 0 aromatic heterocycles. The van der Waals surface area contributed by atoms with Gasteiger partial charge in [0.1, 0.15) is 0 Å². The van der Waals surface area contributed by atoms with Crippen LogP contribution in [-0.4, -0.2) is 17.8 Å². The van der Waals surface area contributed by atoms with Crippen molar-refractivity contribution in [2.24, 2.45) is 0 Å². The zero-order chi connectivity index (χ0) is 12.1. The van der Waals surface area contributed by atoms with E-state index in [2.05, 4.69) is 5.32 Å². The van der Waals surface area contributed by atoms with Crippen molar-refractivity contribution in [2.75, 3.05) is 17.6 Å². The highest BCUT2D eigenvalue weighted by atomic mass is 35.5. The van der Waals surface area contributed by atoms with Crippen LogP contribution < -0.4 is 11.1 Å². The normalized spacial score (nSPS) is 12.5. The van der Waals surface area contributed by atoms with Crippen molar-refractivity contribution in [2.45, 2.75) is 25.9 Å². The molecule has 1 aromatic carbocycles. The van der Waals surface area contributed by atoms with E-state index in [4.69, 9.17) is 28.9 Å². The fourth-order valence-electron chi connectivity index (χ4n) is 1.42. The van der Waals surface area contributed by atoms with Crippen molar-refractivity contribution in [3.8, 4) is 0 Å². The molecule has 0 saturated carbocycles. The molecule has 90 valence electrons. The van der Waals surface area contributed by atoms with E-state index in [1.165, 1.54) is 0 Å². The summed E-state index contributed by atoms with van der Waals surface area (Å²) in [5, 5.41) is 13.5. The van der Waals surface area contributed by atoms with Gasteiger partial charge in [-0.05, 0) is 18.6 Å². The molecular formula is C11H16Cl2N2O. The highest BCUT2D eigenvalue weighted by Gasteiger charge is 2.09. The van der Waals surface area contributed by atoms with Crippen LogP contribution in [0.15, 0.2) is 12.1 Å². The van der Waals surface area contributed by atoms with Gasteiger partial charge in [-0.15, -0.1) is 0 Å². The summed E-state index contributed by atoms with van der Waals surface area (Å²) in [6.45, 7) is 2.45. The Morgan fingerprint density at radius 1 is 1.38 bits per heavy atom. The highest BCUT2D eigenvalue weighted by Crippen LogP contribution is 2.32. The number of nitrogens with one attached hydrogen (secondary N) is 1. The predicted molar refractivity (Wildman–Crippen MR) is 70.3 cm³/mol. The molecule has 4 N–H and O–H groups in total. The van der Waals surface area contributed by atoms with E-state index >= 15 is 0 Å². The van der Waals surface area contributed by atoms with Crippen LogP contribution in [0.2, 0.25) is 10.0 Å². The van der Waals surface area contributed by atoms with Crippen LogP contribution >= 0.6 is 23.2 Å². The van der Waals surface area contributed by atoms with Gasteiger partial charge in [-0.25, -0.2) is 0 Å². The highest BCUT2D eigenvalue weighted by molar-refractivity contribution is 6.39. The third-order valence-electron chi connectivity index (χ3n) is 2.20. The summed E-state index contributed by atoms with van der Waals surface area (Å²) in [7, 11) is 0. The number of benzene rings is 1. The molecule has 0 aliphatic heterocycles. The Kier molecular flexibility index (Phi) is 5.19. The SMILES string of the molecule is CCCC(O)CNc1c(Cl)cc(N)cc1Cl. The maximum absolute atomic E-state index is 9.57. The van der Waals surface area contributed by atoms with Crippen molar-refractivity contribution in [1.29, 1.82) is 0 Å². The number of hydrogen-bond acceptors (Lipinski definition) is 3. The Bertz CT molecular complexity index is 335. The molecule has 1 rings (SSSR count). The first kappa shape index (κ1) is 13.4. The maximum atomic E-state index is 9.57. The van der Waals surface area contributed by atoms with Crippen molar-refractivity contribution in [3.63, 3.8) is 0 Å². The Hall–Kier alpha value is -0.640. The molecule has 3 nitrogen and oxygen atoms in total. The predicted octanol–water partition coefficient (Wildman–Crippen LogP) is 3.15. The van der Waals surface area contributed by atoms with Crippen LogP contribution in [0.1, 0.15) is 19.8 Å². The summed E-state index contributed by atoms with van der Waals surface area (Å²) in [6, 6.07) is 3.25. The average molecular weight is 263 g/mol. The summed E-state index contributed by atoms with van der Waals surface area (Å²) in [5.41, 5.74) is 6.73. The smallest absolute Gasteiger partial charge is 0.0721 e. The number of aliphatic hydroxyl groups is 1. The Labute approximate surface area is 106 Å². The van der Waals surface area contributed by atoms with Gasteiger partial charge in [-0.1, -0.05) is 36.5 Å². The van der Waals surface area contributed by atoms with Gasteiger partial charge in [0.05, 0.1) is 21.8 Å². The lowest BCUT2D eigenvalue weighted by molar-refractivity contribution is 0.176. The first-order valence-electron chi connectivity index (χ1n) is 5.21. The molecule has 0 aliphatic carbocycles. The second-order valence-electron chi connectivity index (χ2n) is 3.68. The number of nitrogen functional groups attached to an aromatic ring is 1. The zero-order valence-electron chi connectivity index (χ0n) is 9.13. The lowest BCUT2D eigenvalue weighted by Crippen LogP contribution is -2.19. The molecule has 0 bridgehead atoms. The van der Waals surface area contributed by atoms with E-state index in [0.29, 0.717) is 28.0 Å². The van der Waals surface area contributed by atoms with Crippen LogP contribution in [0.5, 0.6) is 0 Å². The average Bonchev–Trinajstić information content (AvgIpc) is 2.16. The zero-order valence-corrected chi connectivity index (χ0v) is 10.6. The standard InChI is InChI=1S/C11H16Cl2N2O/c1-2-3-8(16)6-15-11-9(12)4-7(14)5-10(11)13/h4-5,8,15-16H,2-3,6,14H2,1H3. The Morgan fingerprint density at radius 2 is 1.94 bits per heavy atom. The molecule has 0 saturated heterocycles. The molecule has 5 heteroatoms. The molecule has 16 heavy (non-hydrogen) atoms. The van der Waals surface area contributed by atoms with E-state index in [-0.39, 0.29) is 0 Å². The van der Waals surface area contributed by atoms with E-state index in [1.807, 2.05) is 6.92 Å². The molecule has 0 amide bonds. The summed E-state index contributed by atoms with van der Waals surface area (Å²) >= 11 is 12.0. The van der Waals surface area contributed by atoms with Crippen molar-refractivity contribution < 1.29 is 5.11 Å². The number of nitrogens with two attached hydrogens (primary N) is 1. The fourth-order valence-corrected chi connectivity index (χ4v) is 2.05. The lowest BCUT2D eigenvalue weighted by atomic mass is 10.2. The molecule has 0 spiro atoms. The van der Waals surface area contributed by atoms with E-state index in [9.17, 15) is 5.11 Å². The second kappa shape index (κ2) is 6.18. The van der Waals surface area contributed by atoms with Gasteiger partial charge < -0.3 is 16.2 Å². The molecule has 1 atom stereocenters. The van der Waals surface area contributed by atoms with Crippen molar-refractivity contribution >= 4 is 34.6 Å². The van der Waals surface area contributed by atoms with Gasteiger partial charge in [0, 0.05) is 12.2 Å². The van der Waals surface area contributed by atoms with Crippen molar-refractivity contribution in [3.05, 3.63) is 22.2 Å². The molecule has 1 unspecified atom stereocenters. The van der Waals surface area contributed by atoms with E-state index in [0.717, 1.165) is 12.8 Å². The Morgan fingerprint density at radius 3 is 2.44 bits per heavy atom. The van der Waals surface area contributed by atoms with Gasteiger partial charge >= 0.3 is 0 Å². The van der Waals surface area contributed by atoms with Gasteiger partial charge in [-0.3, -0.25) is 0 Å². The van der Waals surface area contributed by atoms with E-state index in [1.54, 1.807) is 12.1 Å². The first-order valence-corrected chi connectivity index (χ1v) is 5.96. The number of aliphatic hydroxyl groups excluding tert-OH is 1. The van der Waals surface area contributed by atoms with Crippen LogP contribution in [0, 0.1) is 0 Å². The maximum Gasteiger partial charge on any atom is 0.0721 e. The van der Waals surface area contributed by atoms with Crippen LogP contribution in [-0.2, 0) is 0 Å². The molecule has 0 aliphatic rings. The number of rotatable bonds is 5. The van der Waals surface area contributed by atoms with E-state index < -0.39 is 6.10 Å². The fraction of sp³-hybridized carbons (Fsp3) is 0.455. The summed E-state index contributed by atoms with van der Waals surface area (Å²) in [5.74, 6) is 0. The van der Waals surface area contributed by atoms with Crippen LogP contribution in [0.4, 0.5) is 11.4 Å². The summed E-state index contributed by atoms with van der Waals surface area (Å²) in [6.07, 6.45) is 1.29. The minimum Gasteiger partial charge on any atom is -0.399 e. The molecule has 0 fully saturated rings. The van der Waals surface area contributed by atoms with Gasteiger partial charge in [0.15, 0.2) is 0 Å². The van der Waals surface area contributed by atoms with Gasteiger partial charge in [0.2, 0.25) is 0 Å². The minimum absolute atomic E-state index is 0.394. The number of hydrogen-bond donors (Lipinski definition) is 3. The molecular weight excluding hydrogens is 247 g/mol. The lowest BCUT2D eigenvalue weighted by Gasteiger charge is -2.14. The van der Waals surface area contributed by atoms with Gasteiger partial charge in [0.25, 0.3) is 0 Å². The monoisotopic (exact) mass is 262 g/mol. The van der Waals surface area contributed by atoms with Crippen molar-refractivity contribution in [1.82, 2.24) is 0 Å². The topological polar surface area (TPSA) is 58.3 Å². The number of anilines is 2. The first-order chi connectivity index (χ1) is 7.54. The largest absolute Gasteiger partial charge is 0.399 e. The summed E-state index contributed by atoms with van der Waals surface area (Å²) < 4.78 is 0. The minimum atomic E-state index is -0.394. The third-order valence-corrected chi connectivity index (χ3v) is 2.80. The van der Waals surface area contributed by atoms with Crippen LogP contribution in [0.3, 0.4) is 0 Å². The molecule has 1 aromatic rings. The van der Waals surface area contributed by atoms with Gasteiger partial charge in [-0.2, -0.15) is 0 Å². The number of halogens is 2. The molecule has 0 radical (unpaired) electrons. The molecule has 0 heterocycles.